The highest BCUT2D eigenvalue weighted by Crippen LogP contribution is 2.29. The van der Waals surface area contributed by atoms with Gasteiger partial charge in [0.2, 0.25) is 0 Å². The first-order chi connectivity index (χ1) is 11.6. The SMILES string of the molecule is Cc1cccc(N=C2S[C@H](C)CN2C(=O)c2cccc(C#N)c2)c1. The van der Waals surface area contributed by atoms with E-state index in [9.17, 15) is 4.79 Å². The van der Waals surface area contributed by atoms with Gasteiger partial charge >= 0.3 is 0 Å². The van der Waals surface area contributed by atoms with Crippen LogP contribution < -0.4 is 0 Å². The molecule has 0 saturated carbocycles. The summed E-state index contributed by atoms with van der Waals surface area (Å²) < 4.78 is 0. The molecule has 1 saturated heterocycles. The normalized spacial score (nSPS) is 18.6. The number of hydrogen-bond acceptors (Lipinski definition) is 4. The van der Waals surface area contributed by atoms with Crippen molar-refractivity contribution in [2.45, 2.75) is 19.1 Å². The van der Waals surface area contributed by atoms with E-state index in [-0.39, 0.29) is 11.2 Å². The summed E-state index contributed by atoms with van der Waals surface area (Å²) in [5.74, 6) is -0.115. The molecule has 3 rings (SSSR count). The Hall–Kier alpha value is -2.58. The Morgan fingerprint density at radius 3 is 2.83 bits per heavy atom. The van der Waals surface area contributed by atoms with E-state index in [0.29, 0.717) is 22.8 Å². The van der Waals surface area contributed by atoms with Gasteiger partial charge in [0.15, 0.2) is 5.17 Å². The third-order valence-corrected chi connectivity index (χ3v) is 4.76. The van der Waals surface area contributed by atoms with E-state index < -0.39 is 0 Å². The Morgan fingerprint density at radius 1 is 1.29 bits per heavy atom. The molecule has 0 aromatic heterocycles. The molecule has 4 nitrogen and oxygen atoms in total. The number of carbonyl (C=O) groups excluding carboxylic acids is 1. The van der Waals surface area contributed by atoms with Gasteiger partial charge < -0.3 is 0 Å². The van der Waals surface area contributed by atoms with Crippen LogP contribution in [-0.2, 0) is 0 Å². The second-order valence-electron chi connectivity index (χ2n) is 5.77. The maximum Gasteiger partial charge on any atom is 0.259 e. The smallest absolute Gasteiger partial charge is 0.259 e. The van der Waals surface area contributed by atoms with Gasteiger partial charge in [0.05, 0.1) is 17.3 Å². The van der Waals surface area contributed by atoms with E-state index in [4.69, 9.17) is 5.26 Å². The largest absolute Gasteiger partial charge is 0.286 e. The van der Waals surface area contributed by atoms with Crippen LogP contribution in [0.3, 0.4) is 0 Å². The van der Waals surface area contributed by atoms with Crippen LogP contribution in [-0.4, -0.2) is 27.8 Å². The van der Waals surface area contributed by atoms with E-state index in [2.05, 4.69) is 18.0 Å². The minimum atomic E-state index is -0.115. The number of benzene rings is 2. The van der Waals surface area contributed by atoms with Crippen molar-refractivity contribution in [3.8, 4) is 6.07 Å². The molecule has 1 fully saturated rings. The fourth-order valence-electron chi connectivity index (χ4n) is 2.56. The maximum atomic E-state index is 12.9. The molecular weight excluding hydrogens is 318 g/mol. The molecule has 1 amide bonds. The number of amides is 1. The van der Waals surface area contributed by atoms with Crippen LogP contribution in [0.4, 0.5) is 5.69 Å². The lowest BCUT2D eigenvalue weighted by Gasteiger charge is -2.16. The van der Waals surface area contributed by atoms with Crippen molar-refractivity contribution in [2.24, 2.45) is 4.99 Å². The van der Waals surface area contributed by atoms with Crippen molar-refractivity contribution >= 4 is 28.5 Å². The molecule has 0 spiro atoms. The number of carbonyl (C=O) groups is 1. The number of aryl methyl sites for hydroxylation is 1. The molecule has 1 aliphatic heterocycles. The van der Waals surface area contributed by atoms with Gasteiger partial charge in [-0.15, -0.1) is 0 Å². The van der Waals surface area contributed by atoms with Crippen molar-refractivity contribution in [2.75, 3.05) is 6.54 Å². The van der Waals surface area contributed by atoms with Crippen molar-refractivity contribution in [1.29, 1.82) is 5.26 Å². The summed E-state index contributed by atoms with van der Waals surface area (Å²) in [5, 5.41) is 10.0. The molecule has 0 aliphatic carbocycles. The number of aliphatic imine (C=N–C) groups is 1. The lowest BCUT2D eigenvalue weighted by Crippen LogP contribution is -2.32. The summed E-state index contributed by atoms with van der Waals surface area (Å²) in [7, 11) is 0. The van der Waals surface area contributed by atoms with Crippen molar-refractivity contribution in [3.63, 3.8) is 0 Å². The van der Waals surface area contributed by atoms with Crippen LogP contribution in [0.15, 0.2) is 53.5 Å². The Morgan fingerprint density at radius 2 is 2.08 bits per heavy atom. The lowest BCUT2D eigenvalue weighted by atomic mass is 10.1. The van der Waals surface area contributed by atoms with E-state index in [1.807, 2.05) is 31.2 Å². The van der Waals surface area contributed by atoms with Gasteiger partial charge in [0.25, 0.3) is 5.91 Å². The van der Waals surface area contributed by atoms with Crippen molar-refractivity contribution < 1.29 is 4.79 Å². The first kappa shape index (κ1) is 16.3. The van der Waals surface area contributed by atoms with Crippen LogP contribution in [0.5, 0.6) is 0 Å². The monoisotopic (exact) mass is 335 g/mol. The van der Waals surface area contributed by atoms with E-state index in [1.54, 1.807) is 40.9 Å². The number of nitriles is 1. The lowest BCUT2D eigenvalue weighted by molar-refractivity contribution is 0.0855. The predicted molar refractivity (Wildman–Crippen MR) is 97.5 cm³/mol. The topological polar surface area (TPSA) is 56.5 Å². The molecule has 1 aliphatic rings. The average molecular weight is 335 g/mol. The van der Waals surface area contributed by atoms with Crippen LogP contribution in [0.2, 0.25) is 0 Å². The van der Waals surface area contributed by atoms with Gasteiger partial charge in [-0.05, 0) is 42.8 Å². The molecule has 0 radical (unpaired) electrons. The molecule has 24 heavy (non-hydrogen) atoms. The standard InChI is InChI=1S/C19H17N3OS/c1-13-5-3-8-17(9-13)21-19-22(12-14(2)24-19)18(23)16-7-4-6-15(10-16)11-20/h3-10,14H,12H2,1-2H3/t14-/m1/s1. The third kappa shape index (κ3) is 3.50. The molecule has 1 atom stereocenters. The first-order valence-corrected chi connectivity index (χ1v) is 8.59. The van der Waals surface area contributed by atoms with E-state index in [1.165, 1.54) is 0 Å². The average Bonchev–Trinajstić information content (AvgIpc) is 2.94. The van der Waals surface area contributed by atoms with E-state index in [0.717, 1.165) is 11.3 Å². The summed E-state index contributed by atoms with van der Waals surface area (Å²) >= 11 is 1.60. The van der Waals surface area contributed by atoms with E-state index >= 15 is 0 Å². The zero-order valence-corrected chi connectivity index (χ0v) is 14.4. The highest BCUT2D eigenvalue weighted by atomic mass is 32.2. The van der Waals surface area contributed by atoms with Gasteiger partial charge in [-0.25, -0.2) is 4.99 Å². The summed E-state index contributed by atoms with van der Waals surface area (Å²) in [4.78, 5) is 19.2. The van der Waals surface area contributed by atoms with Gasteiger partial charge in [-0.3, -0.25) is 9.69 Å². The number of rotatable bonds is 2. The highest BCUT2D eigenvalue weighted by Gasteiger charge is 2.31. The quantitative estimate of drug-likeness (QED) is 0.829. The Balaban J connectivity index is 1.93. The molecule has 2 aromatic rings. The number of amidine groups is 1. The fourth-order valence-corrected chi connectivity index (χ4v) is 3.58. The minimum Gasteiger partial charge on any atom is -0.286 e. The van der Waals surface area contributed by atoms with Crippen LogP contribution in [0.25, 0.3) is 0 Å². The zero-order chi connectivity index (χ0) is 17.1. The zero-order valence-electron chi connectivity index (χ0n) is 13.6. The minimum absolute atomic E-state index is 0.115. The second-order valence-corrected chi connectivity index (χ2v) is 7.18. The Kier molecular flexibility index (Phi) is 4.68. The number of nitrogens with zero attached hydrogens (tertiary/aromatic N) is 3. The third-order valence-electron chi connectivity index (χ3n) is 3.69. The Labute approximate surface area is 145 Å². The van der Waals surface area contributed by atoms with Crippen molar-refractivity contribution in [1.82, 2.24) is 4.90 Å². The predicted octanol–water partition coefficient (Wildman–Crippen LogP) is 4.13. The van der Waals surface area contributed by atoms with Crippen molar-refractivity contribution in [3.05, 3.63) is 65.2 Å². The van der Waals surface area contributed by atoms with Gasteiger partial charge in [-0.2, -0.15) is 5.26 Å². The summed E-state index contributed by atoms with van der Waals surface area (Å²) in [6, 6.07) is 16.8. The van der Waals surface area contributed by atoms with Crippen LogP contribution in [0.1, 0.15) is 28.4 Å². The first-order valence-electron chi connectivity index (χ1n) is 7.71. The number of hydrogen-bond donors (Lipinski definition) is 0. The summed E-state index contributed by atoms with van der Waals surface area (Å²) in [5.41, 5.74) is 2.97. The molecule has 120 valence electrons. The van der Waals surface area contributed by atoms with Gasteiger partial charge in [0.1, 0.15) is 0 Å². The molecule has 0 N–H and O–H groups in total. The van der Waals surface area contributed by atoms with Crippen LogP contribution in [0, 0.1) is 18.3 Å². The Bertz CT molecular complexity index is 854. The summed E-state index contributed by atoms with van der Waals surface area (Å²) in [6.45, 7) is 4.71. The second kappa shape index (κ2) is 6.90. The van der Waals surface area contributed by atoms with Crippen LogP contribution >= 0.6 is 11.8 Å². The molecule has 2 aromatic carbocycles. The highest BCUT2D eigenvalue weighted by molar-refractivity contribution is 8.14. The molecule has 0 bridgehead atoms. The van der Waals surface area contributed by atoms with Gasteiger partial charge in [0, 0.05) is 17.4 Å². The molecule has 5 heteroatoms. The fraction of sp³-hybridized carbons (Fsp3) is 0.211. The molecular formula is C19H17N3OS. The summed E-state index contributed by atoms with van der Waals surface area (Å²) in [6.07, 6.45) is 0. The number of thioether (sulfide) groups is 1. The molecule has 1 heterocycles. The van der Waals surface area contributed by atoms with Gasteiger partial charge in [-0.1, -0.05) is 36.9 Å². The molecule has 0 unspecified atom stereocenters. The maximum absolute atomic E-state index is 12.9.